The third-order valence-electron chi connectivity index (χ3n) is 3.65. The van der Waals surface area contributed by atoms with Gasteiger partial charge in [-0.1, -0.05) is 32.0 Å². The second-order valence-electron chi connectivity index (χ2n) is 6.03. The highest BCUT2D eigenvalue weighted by atomic mass is 32.1. The molecule has 1 aromatic carbocycles. The molecule has 0 bridgehead atoms. The molecule has 1 atom stereocenters. The van der Waals surface area contributed by atoms with E-state index in [2.05, 4.69) is 15.6 Å². The number of alkyl halides is 3. The van der Waals surface area contributed by atoms with Crippen LogP contribution in [0.2, 0.25) is 0 Å². The van der Waals surface area contributed by atoms with Gasteiger partial charge < -0.3 is 10.6 Å². The van der Waals surface area contributed by atoms with Gasteiger partial charge in [0, 0.05) is 10.9 Å². The third kappa shape index (κ3) is 4.81. The number of aromatic nitrogens is 1. The number of rotatable bonds is 5. The number of thiazole rings is 1. The van der Waals surface area contributed by atoms with Crippen LogP contribution in [0.15, 0.2) is 29.6 Å². The standard InChI is InChI=1S/C17H18F3N3O2S/c1-9(2)13(22-14(24)11-7-5-4-6-10(11)3)15(25)23-16-21-12(8-26-16)17(18,19)20/h4-9,13H,1-3H3,(H,22,24)(H,21,23,25). The van der Waals surface area contributed by atoms with Crippen molar-refractivity contribution in [2.45, 2.75) is 33.0 Å². The van der Waals surface area contributed by atoms with Crippen LogP contribution in [0.1, 0.15) is 35.5 Å². The second-order valence-corrected chi connectivity index (χ2v) is 6.89. The number of nitrogens with zero attached hydrogens (tertiary/aromatic N) is 1. The molecule has 2 aromatic rings. The molecule has 1 heterocycles. The highest BCUT2D eigenvalue weighted by Crippen LogP contribution is 2.31. The smallest absolute Gasteiger partial charge is 0.340 e. The van der Waals surface area contributed by atoms with Gasteiger partial charge in [0.15, 0.2) is 10.8 Å². The molecular formula is C17H18F3N3O2S. The molecule has 9 heteroatoms. The highest BCUT2D eigenvalue weighted by Gasteiger charge is 2.34. The number of carbonyl (C=O) groups is 2. The van der Waals surface area contributed by atoms with Crippen LogP contribution in [0.5, 0.6) is 0 Å². The van der Waals surface area contributed by atoms with E-state index in [1.165, 1.54) is 0 Å². The van der Waals surface area contributed by atoms with Crippen molar-refractivity contribution in [3.05, 3.63) is 46.5 Å². The van der Waals surface area contributed by atoms with Crippen LogP contribution in [0, 0.1) is 12.8 Å². The minimum atomic E-state index is -4.57. The number of benzene rings is 1. The lowest BCUT2D eigenvalue weighted by atomic mass is 10.0. The summed E-state index contributed by atoms with van der Waals surface area (Å²) in [4.78, 5) is 28.2. The quantitative estimate of drug-likeness (QED) is 0.821. The van der Waals surface area contributed by atoms with E-state index in [0.717, 1.165) is 10.9 Å². The summed E-state index contributed by atoms with van der Waals surface area (Å²) >= 11 is 0.676. The van der Waals surface area contributed by atoms with Crippen LogP contribution in [0.4, 0.5) is 18.3 Å². The number of nitrogens with one attached hydrogen (secondary N) is 2. The van der Waals surface area contributed by atoms with Crippen molar-refractivity contribution in [1.29, 1.82) is 0 Å². The fourth-order valence-corrected chi connectivity index (χ4v) is 2.95. The van der Waals surface area contributed by atoms with Crippen LogP contribution in [-0.2, 0) is 11.0 Å². The Kier molecular flexibility index (Phi) is 6.01. The Morgan fingerprint density at radius 2 is 1.85 bits per heavy atom. The first-order valence-corrected chi connectivity index (χ1v) is 8.67. The Morgan fingerprint density at radius 3 is 2.38 bits per heavy atom. The van der Waals surface area contributed by atoms with Gasteiger partial charge >= 0.3 is 6.18 Å². The van der Waals surface area contributed by atoms with E-state index in [1.54, 1.807) is 45.0 Å². The molecule has 0 aliphatic heterocycles. The Bertz CT molecular complexity index is 803. The minimum Gasteiger partial charge on any atom is -0.340 e. The normalized spacial score (nSPS) is 12.7. The minimum absolute atomic E-state index is 0.168. The third-order valence-corrected chi connectivity index (χ3v) is 4.41. The largest absolute Gasteiger partial charge is 0.434 e. The predicted octanol–water partition coefficient (Wildman–Crippen LogP) is 3.86. The topological polar surface area (TPSA) is 71.1 Å². The molecule has 26 heavy (non-hydrogen) atoms. The number of carbonyl (C=O) groups excluding carboxylic acids is 2. The van der Waals surface area contributed by atoms with Crippen LogP contribution >= 0.6 is 11.3 Å². The molecule has 0 saturated carbocycles. The molecule has 1 aromatic heterocycles. The summed E-state index contributed by atoms with van der Waals surface area (Å²) in [5.74, 6) is -1.32. The molecule has 0 aliphatic carbocycles. The maximum Gasteiger partial charge on any atom is 0.434 e. The van der Waals surface area contributed by atoms with Crippen molar-refractivity contribution in [3.63, 3.8) is 0 Å². The van der Waals surface area contributed by atoms with E-state index >= 15 is 0 Å². The van der Waals surface area contributed by atoms with E-state index in [-0.39, 0.29) is 11.0 Å². The number of aryl methyl sites for hydroxylation is 1. The molecule has 1 unspecified atom stereocenters. The number of halogens is 3. The molecule has 0 aliphatic rings. The van der Waals surface area contributed by atoms with E-state index in [9.17, 15) is 22.8 Å². The van der Waals surface area contributed by atoms with Crippen molar-refractivity contribution < 1.29 is 22.8 Å². The van der Waals surface area contributed by atoms with Gasteiger partial charge in [-0.25, -0.2) is 4.98 Å². The zero-order valence-corrected chi connectivity index (χ0v) is 15.2. The molecule has 0 saturated heterocycles. The Balaban J connectivity index is 2.11. The SMILES string of the molecule is Cc1ccccc1C(=O)NC(C(=O)Nc1nc(C(F)(F)F)cs1)C(C)C. The first-order valence-electron chi connectivity index (χ1n) is 7.79. The second kappa shape index (κ2) is 7.86. The molecule has 0 fully saturated rings. The molecule has 2 amide bonds. The van der Waals surface area contributed by atoms with Crippen molar-refractivity contribution in [1.82, 2.24) is 10.3 Å². The van der Waals surface area contributed by atoms with Crippen LogP contribution in [0.3, 0.4) is 0 Å². The maximum atomic E-state index is 12.6. The summed E-state index contributed by atoms with van der Waals surface area (Å²) < 4.78 is 37.8. The van der Waals surface area contributed by atoms with Gasteiger partial charge in [-0.15, -0.1) is 11.3 Å². The van der Waals surface area contributed by atoms with Crippen molar-refractivity contribution in [3.8, 4) is 0 Å². The number of amides is 2. The number of hydrogen-bond acceptors (Lipinski definition) is 4. The van der Waals surface area contributed by atoms with E-state index in [0.29, 0.717) is 16.9 Å². The first kappa shape index (κ1) is 19.9. The molecule has 0 radical (unpaired) electrons. The number of hydrogen-bond donors (Lipinski definition) is 2. The van der Waals surface area contributed by atoms with Gasteiger partial charge in [-0.05, 0) is 24.5 Å². The summed E-state index contributed by atoms with van der Waals surface area (Å²) in [5, 5.41) is 5.63. The Hall–Kier alpha value is -2.42. The molecule has 0 spiro atoms. The summed E-state index contributed by atoms with van der Waals surface area (Å²) in [5.41, 5.74) is 0.116. The lowest BCUT2D eigenvalue weighted by molar-refractivity contribution is -0.140. The lowest BCUT2D eigenvalue weighted by Crippen LogP contribution is -2.47. The summed E-state index contributed by atoms with van der Waals surface area (Å²) in [6, 6.07) is 5.99. The Morgan fingerprint density at radius 1 is 1.19 bits per heavy atom. The van der Waals surface area contributed by atoms with Gasteiger partial charge in [-0.2, -0.15) is 13.2 Å². The summed E-state index contributed by atoms with van der Waals surface area (Å²) in [6.45, 7) is 5.23. The van der Waals surface area contributed by atoms with Gasteiger partial charge in [0.2, 0.25) is 5.91 Å². The van der Waals surface area contributed by atoms with E-state index in [4.69, 9.17) is 0 Å². The zero-order chi connectivity index (χ0) is 19.5. The average molecular weight is 385 g/mol. The fraction of sp³-hybridized carbons (Fsp3) is 0.353. The van der Waals surface area contributed by atoms with Gasteiger partial charge in [0.25, 0.3) is 5.91 Å². The molecule has 140 valence electrons. The van der Waals surface area contributed by atoms with Crippen molar-refractivity contribution in [2.75, 3.05) is 5.32 Å². The molecule has 2 rings (SSSR count). The average Bonchev–Trinajstić information content (AvgIpc) is 3.01. The maximum absolute atomic E-state index is 12.6. The predicted molar refractivity (Wildman–Crippen MR) is 93.0 cm³/mol. The van der Waals surface area contributed by atoms with Crippen molar-refractivity contribution >= 4 is 28.3 Å². The Labute approximate surface area is 152 Å². The fourth-order valence-electron chi connectivity index (χ4n) is 2.23. The van der Waals surface area contributed by atoms with Gasteiger partial charge in [-0.3, -0.25) is 9.59 Å². The van der Waals surface area contributed by atoms with E-state index < -0.39 is 29.7 Å². The highest BCUT2D eigenvalue weighted by molar-refractivity contribution is 7.13. The van der Waals surface area contributed by atoms with Gasteiger partial charge in [0.05, 0.1) is 0 Å². The van der Waals surface area contributed by atoms with Crippen molar-refractivity contribution in [2.24, 2.45) is 5.92 Å². The first-order chi connectivity index (χ1) is 12.1. The lowest BCUT2D eigenvalue weighted by Gasteiger charge is -2.21. The molecule has 5 nitrogen and oxygen atoms in total. The summed E-state index contributed by atoms with van der Waals surface area (Å²) in [7, 11) is 0. The zero-order valence-electron chi connectivity index (χ0n) is 14.3. The van der Waals surface area contributed by atoms with Crippen LogP contribution in [0.25, 0.3) is 0 Å². The summed E-state index contributed by atoms with van der Waals surface area (Å²) in [6.07, 6.45) is -4.57. The van der Waals surface area contributed by atoms with E-state index in [1.807, 2.05) is 0 Å². The molecule has 2 N–H and O–H groups in total. The molecular weight excluding hydrogens is 367 g/mol. The van der Waals surface area contributed by atoms with Crippen LogP contribution < -0.4 is 10.6 Å². The monoisotopic (exact) mass is 385 g/mol. The van der Waals surface area contributed by atoms with Crippen LogP contribution in [-0.4, -0.2) is 22.8 Å². The van der Waals surface area contributed by atoms with Gasteiger partial charge in [0.1, 0.15) is 6.04 Å². The number of anilines is 1.